The van der Waals surface area contributed by atoms with Gasteiger partial charge >= 0.3 is 0 Å². The third kappa shape index (κ3) is 3.28. The summed E-state index contributed by atoms with van der Waals surface area (Å²) in [6.45, 7) is 0. The molecule has 0 fully saturated rings. The quantitative estimate of drug-likeness (QED) is 0.755. The second-order valence-corrected chi connectivity index (χ2v) is 4.97. The molecule has 0 atom stereocenters. The average molecular weight is 342 g/mol. The van der Waals surface area contributed by atoms with Crippen LogP contribution in [0.5, 0.6) is 17.2 Å². The molecule has 0 aliphatic heterocycles. The molecular weight excluding hydrogens is 332 g/mol. The molecule has 0 heterocycles. The predicted molar refractivity (Wildman–Crippen MR) is 77.6 cm³/mol. The lowest BCUT2D eigenvalue weighted by Gasteiger charge is -2.10. The molecule has 0 radical (unpaired) electrons. The summed E-state index contributed by atoms with van der Waals surface area (Å²) >= 11 is 9.44. The highest BCUT2D eigenvalue weighted by Gasteiger charge is 2.08. The zero-order valence-electron chi connectivity index (χ0n) is 10.0. The van der Waals surface area contributed by atoms with E-state index in [4.69, 9.17) is 21.1 Å². The van der Waals surface area contributed by atoms with Gasteiger partial charge in [-0.3, -0.25) is 4.79 Å². The molecule has 0 spiro atoms. The van der Waals surface area contributed by atoms with Crippen LogP contribution in [0.1, 0.15) is 10.4 Å². The first-order chi connectivity index (χ1) is 9.13. The van der Waals surface area contributed by atoms with E-state index in [1.807, 2.05) is 0 Å². The SMILES string of the molecule is COc1ccc(Oc2ccc(C=O)cc2Cl)c(Br)c1. The highest BCUT2D eigenvalue weighted by Crippen LogP contribution is 2.35. The summed E-state index contributed by atoms with van der Waals surface area (Å²) in [7, 11) is 1.59. The summed E-state index contributed by atoms with van der Waals surface area (Å²) in [5.74, 6) is 1.82. The molecule has 0 bridgehead atoms. The zero-order chi connectivity index (χ0) is 13.8. The highest BCUT2D eigenvalue weighted by atomic mass is 79.9. The van der Waals surface area contributed by atoms with E-state index in [0.717, 1.165) is 16.5 Å². The Morgan fingerprint density at radius 3 is 2.47 bits per heavy atom. The summed E-state index contributed by atoms with van der Waals surface area (Å²) < 4.78 is 11.5. The Kier molecular flexibility index (Phi) is 4.45. The van der Waals surface area contributed by atoms with E-state index in [2.05, 4.69) is 15.9 Å². The van der Waals surface area contributed by atoms with Crippen LogP contribution in [0, 0.1) is 0 Å². The number of hydrogen-bond donors (Lipinski definition) is 0. The fourth-order valence-electron chi connectivity index (χ4n) is 1.48. The molecule has 0 aliphatic rings. The van der Waals surface area contributed by atoms with Crippen LogP contribution in [0.4, 0.5) is 0 Å². The van der Waals surface area contributed by atoms with Crippen LogP contribution in [0.2, 0.25) is 5.02 Å². The Balaban J connectivity index is 2.28. The van der Waals surface area contributed by atoms with Gasteiger partial charge in [0.15, 0.2) is 0 Å². The lowest BCUT2D eigenvalue weighted by molar-refractivity contribution is 0.112. The third-order valence-electron chi connectivity index (χ3n) is 2.45. The number of rotatable bonds is 4. The summed E-state index contributed by atoms with van der Waals surface area (Å²) in [5, 5.41) is 0.382. The van der Waals surface area contributed by atoms with Crippen LogP contribution < -0.4 is 9.47 Å². The van der Waals surface area contributed by atoms with Gasteiger partial charge in [-0.1, -0.05) is 11.6 Å². The molecule has 0 amide bonds. The number of methoxy groups -OCH3 is 1. The van der Waals surface area contributed by atoms with E-state index >= 15 is 0 Å². The van der Waals surface area contributed by atoms with Gasteiger partial charge in [0.25, 0.3) is 0 Å². The Labute approximate surface area is 124 Å². The Morgan fingerprint density at radius 2 is 1.89 bits per heavy atom. The number of carbonyl (C=O) groups excluding carboxylic acids is 1. The molecular formula is C14H10BrClO3. The fraction of sp³-hybridized carbons (Fsp3) is 0.0714. The van der Waals surface area contributed by atoms with E-state index in [1.54, 1.807) is 43.5 Å². The number of aldehydes is 1. The summed E-state index contributed by atoms with van der Waals surface area (Å²) in [4.78, 5) is 10.6. The average Bonchev–Trinajstić information content (AvgIpc) is 2.42. The van der Waals surface area contributed by atoms with Gasteiger partial charge in [0.05, 0.1) is 16.6 Å². The molecule has 3 nitrogen and oxygen atoms in total. The number of halogens is 2. The minimum absolute atomic E-state index is 0.382. The maximum Gasteiger partial charge on any atom is 0.150 e. The Hall–Kier alpha value is -1.52. The standard InChI is InChI=1S/C14H10BrClO3/c1-18-10-3-5-13(11(15)7-10)19-14-4-2-9(8-17)6-12(14)16/h2-8H,1H3. The van der Waals surface area contributed by atoms with E-state index in [9.17, 15) is 4.79 Å². The zero-order valence-corrected chi connectivity index (χ0v) is 12.4. The largest absolute Gasteiger partial charge is 0.497 e. The van der Waals surface area contributed by atoms with Gasteiger partial charge in [-0.2, -0.15) is 0 Å². The first-order valence-electron chi connectivity index (χ1n) is 5.40. The Morgan fingerprint density at radius 1 is 1.16 bits per heavy atom. The molecule has 0 aliphatic carbocycles. The van der Waals surface area contributed by atoms with Crippen LogP contribution in [0.25, 0.3) is 0 Å². The molecule has 0 N–H and O–H groups in total. The lowest BCUT2D eigenvalue weighted by atomic mass is 10.2. The fourth-order valence-corrected chi connectivity index (χ4v) is 2.15. The number of hydrogen-bond acceptors (Lipinski definition) is 3. The van der Waals surface area contributed by atoms with Gasteiger partial charge in [0, 0.05) is 5.56 Å². The van der Waals surface area contributed by atoms with E-state index in [0.29, 0.717) is 22.1 Å². The molecule has 19 heavy (non-hydrogen) atoms. The first kappa shape index (κ1) is 13.9. The smallest absolute Gasteiger partial charge is 0.150 e. The molecule has 5 heteroatoms. The van der Waals surface area contributed by atoms with Crippen LogP contribution in [-0.4, -0.2) is 13.4 Å². The van der Waals surface area contributed by atoms with Gasteiger partial charge in [-0.25, -0.2) is 0 Å². The summed E-state index contributed by atoms with van der Waals surface area (Å²) in [6, 6.07) is 10.2. The topological polar surface area (TPSA) is 35.5 Å². The molecule has 2 rings (SSSR count). The van der Waals surface area contributed by atoms with E-state index in [-0.39, 0.29) is 0 Å². The normalized spacial score (nSPS) is 10.1. The monoisotopic (exact) mass is 340 g/mol. The van der Waals surface area contributed by atoms with Crippen molar-refractivity contribution in [1.82, 2.24) is 0 Å². The maximum atomic E-state index is 10.6. The van der Waals surface area contributed by atoms with Gasteiger partial charge < -0.3 is 9.47 Å². The maximum absolute atomic E-state index is 10.6. The highest BCUT2D eigenvalue weighted by molar-refractivity contribution is 9.10. The van der Waals surface area contributed by atoms with Crippen molar-refractivity contribution in [2.75, 3.05) is 7.11 Å². The lowest BCUT2D eigenvalue weighted by Crippen LogP contribution is -1.89. The van der Waals surface area contributed by atoms with Crippen LogP contribution in [0.15, 0.2) is 40.9 Å². The van der Waals surface area contributed by atoms with Gasteiger partial charge in [-0.15, -0.1) is 0 Å². The number of ether oxygens (including phenoxy) is 2. The summed E-state index contributed by atoms with van der Waals surface area (Å²) in [5.41, 5.74) is 0.506. The number of benzene rings is 2. The third-order valence-corrected chi connectivity index (χ3v) is 3.37. The van der Waals surface area contributed by atoms with E-state index < -0.39 is 0 Å². The molecule has 98 valence electrons. The molecule has 0 unspecified atom stereocenters. The van der Waals surface area contributed by atoms with Gasteiger partial charge in [0.1, 0.15) is 23.5 Å². The van der Waals surface area contributed by atoms with Crippen molar-refractivity contribution in [3.05, 3.63) is 51.5 Å². The Bertz CT molecular complexity index is 614. The second kappa shape index (κ2) is 6.08. The minimum Gasteiger partial charge on any atom is -0.497 e. The van der Waals surface area contributed by atoms with Crippen molar-refractivity contribution in [2.45, 2.75) is 0 Å². The molecule has 0 aromatic heterocycles. The van der Waals surface area contributed by atoms with E-state index in [1.165, 1.54) is 0 Å². The molecule has 0 saturated carbocycles. The minimum atomic E-state index is 0.382. The van der Waals surface area contributed by atoms with Crippen LogP contribution in [-0.2, 0) is 0 Å². The molecule has 2 aromatic carbocycles. The van der Waals surface area contributed by atoms with Crippen LogP contribution >= 0.6 is 27.5 Å². The molecule has 0 saturated heterocycles. The van der Waals surface area contributed by atoms with Crippen molar-refractivity contribution in [3.8, 4) is 17.2 Å². The second-order valence-electron chi connectivity index (χ2n) is 3.71. The van der Waals surface area contributed by atoms with Crippen molar-refractivity contribution in [2.24, 2.45) is 0 Å². The van der Waals surface area contributed by atoms with Crippen molar-refractivity contribution in [3.63, 3.8) is 0 Å². The summed E-state index contributed by atoms with van der Waals surface area (Å²) in [6.07, 6.45) is 0.735. The molecule has 2 aromatic rings. The predicted octanol–water partition coefficient (Wildman–Crippen LogP) is 4.72. The van der Waals surface area contributed by atoms with Crippen molar-refractivity contribution in [1.29, 1.82) is 0 Å². The first-order valence-corrected chi connectivity index (χ1v) is 6.57. The van der Waals surface area contributed by atoms with Gasteiger partial charge in [-0.05, 0) is 52.3 Å². The van der Waals surface area contributed by atoms with Gasteiger partial charge in [0.2, 0.25) is 0 Å². The number of carbonyl (C=O) groups is 1. The van der Waals surface area contributed by atoms with Crippen molar-refractivity contribution >= 4 is 33.8 Å². The van der Waals surface area contributed by atoms with Crippen molar-refractivity contribution < 1.29 is 14.3 Å². The van der Waals surface area contributed by atoms with Crippen LogP contribution in [0.3, 0.4) is 0 Å².